The average Bonchev–Trinajstić information content (AvgIpc) is 2.30. The fraction of sp³-hybridized carbons (Fsp3) is 0.182. The highest BCUT2D eigenvalue weighted by Gasteiger charge is 2.17. The van der Waals surface area contributed by atoms with Gasteiger partial charge in [-0.25, -0.2) is 4.79 Å². The second-order valence-electron chi connectivity index (χ2n) is 2.66. The quantitative estimate of drug-likeness (QED) is 0.391. The average molecular weight is 332 g/mol. The number of aliphatic hydroxyl groups excluding tert-OH is 1. The molecule has 84 valence electrons. The summed E-state index contributed by atoms with van der Waals surface area (Å²) in [6.45, 7) is -0.0585. The van der Waals surface area contributed by atoms with Gasteiger partial charge in [0.2, 0.25) is 0 Å². The number of aliphatic hydroxyl groups is 1. The van der Waals surface area contributed by atoms with Gasteiger partial charge in [0.1, 0.15) is 5.75 Å². The first-order valence-corrected chi connectivity index (χ1v) is 5.47. The highest BCUT2D eigenvalue weighted by molar-refractivity contribution is 14.1. The molecule has 1 rings (SSSR count). The number of ether oxygens (including phenoxy) is 2. The summed E-state index contributed by atoms with van der Waals surface area (Å²) in [5, 5.41) is 9.32. The Kier molecular flexibility index (Phi) is 5.67. The van der Waals surface area contributed by atoms with Crippen molar-refractivity contribution in [2.45, 2.75) is 6.29 Å². The molecular weight excluding hydrogens is 323 g/mol. The van der Waals surface area contributed by atoms with E-state index < -0.39 is 12.3 Å². The van der Waals surface area contributed by atoms with Crippen molar-refractivity contribution in [3.8, 4) is 15.6 Å². The predicted molar refractivity (Wildman–Crippen MR) is 65.8 cm³/mol. The van der Waals surface area contributed by atoms with Crippen LogP contribution in [0.1, 0.15) is 0 Å². The van der Waals surface area contributed by atoms with Gasteiger partial charge in [-0.1, -0.05) is 24.1 Å². The lowest BCUT2D eigenvalue weighted by molar-refractivity contribution is -0.167. The minimum absolute atomic E-state index is 0.0585. The first-order valence-electron chi connectivity index (χ1n) is 4.39. The van der Waals surface area contributed by atoms with E-state index in [2.05, 4.69) is 14.6 Å². The Labute approximate surface area is 107 Å². The van der Waals surface area contributed by atoms with Gasteiger partial charge in [0.25, 0.3) is 6.29 Å². The molecule has 0 aliphatic rings. The number of rotatable bonds is 4. The number of hydrogen-bond donors (Lipinski definition) is 1. The van der Waals surface area contributed by atoms with Crippen LogP contribution in [0, 0.1) is 9.85 Å². The predicted octanol–water partition coefficient (Wildman–Crippen LogP) is 1.32. The number of carbonyl (C=O) groups is 1. The van der Waals surface area contributed by atoms with Crippen LogP contribution in [0.5, 0.6) is 5.75 Å². The fourth-order valence-electron chi connectivity index (χ4n) is 0.882. The van der Waals surface area contributed by atoms with Gasteiger partial charge >= 0.3 is 5.97 Å². The molecule has 0 radical (unpaired) electrons. The molecule has 0 heterocycles. The lowest BCUT2D eigenvalue weighted by Gasteiger charge is -2.11. The monoisotopic (exact) mass is 332 g/mol. The van der Waals surface area contributed by atoms with Crippen molar-refractivity contribution in [3.05, 3.63) is 30.3 Å². The topological polar surface area (TPSA) is 55.8 Å². The lowest BCUT2D eigenvalue weighted by Crippen LogP contribution is -2.29. The van der Waals surface area contributed by atoms with Crippen LogP contribution in [0.15, 0.2) is 30.3 Å². The molecule has 0 aliphatic heterocycles. The second-order valence-corrected chi connectivity index (χ2v) is 3.20. The third-order valence-corrected chi connectivity index (χ3v) is 1.93. The summed E-state index contributed by atoms with van der Waals surface area (Å²) in [5.74, 6) is 2.06. The number of hydrogen-bond acceptors (Lipinski definition) is 4. The molecule has 5 heteroatoms. The molecule has 16 heavy (non-hydrogen) atoms. The van der Waals surface area contributed by atoms with Gasteiger partial charge in [0.05, 0.1) is 0 Å². The van der Waals surface area contributed by atoms with Crippen LogP contribution in [0.2, 0.25) is 0 Å². The number of benzene rings is 1. The maximum atomic E-state index is 11.2. The van der Waals surface area contributed by atoms with Gasteiger partial charge in [-0.3, -0.25) is 0 Å². The van der Waals surface area contributed by atoms with E-state index >= 15 is 0 Å². The molecule has 1 unspecified atom stereocenters. The maximum Gasteiger partial charge on any atom is 0.377 e. The van der Waals surface area contributed by atoms with Crippen molar-refractivity contribution >= 4 is 28.6 Å². The van der Waals surface area contributed by atoms with E-state index in [1.165, 1.54) is 0 Å². The molecule has 1 aromatic carbocycles. The van der Waals surface area contributed by atoms with E-state index in [1.54, 1.807) is 30.3 Å². The maximum absolute atomic E-state index is 11.2. The highest BCUT2D eigenvalue weighted by atomic mass is 127. The lowest BCUT2D eigenvalue weighted by atomic mass is 10.3. The zero-order valence-electron chi connectivity index (χ0n) is 8.22. The van der Waals surface area contributed by atoms with Crippen LogP contribution in [0.4, 0.5) is 0 Å². The Morgan fingerprint density at radius 2 is 2.12 bits per heavy atom. The Hall–Kier alpha value is -1.26. The Bertz CT molecular complexity index is 393. The second kappa shape index (κ2) is 7.09. The highest BCUT2D eigenvalue weighted by Crippen LogP contribution is 2.10. The molecule has 0 saturated carbocycles. The van der Waals surface area contributed by atoms with Crippen molar-refractivity contribution in [2.24, 2.45) is 0 Å². The summed E-state index contributed by atoms with van der Waals surface area (Å²) in [7, 11) is 0. The van der Waals surface area contributed by atoms with Gasteiger partial charge < -0.3 is 14.6 Å². The molecule has 1 N–H and O–H groups in total. The van der Waals surface area contributed by atoms with E-state index in [0.717, 1.165) is 0 Å². The number of para-hydroxylation sites is 1. The van der Waals surface area contributed by atoms with Crippen molar-refractivity contribution in [3.63, 3.8) is 0 Å². The van der Waals surface area contributed by atoms with E-state index in [9.17, 15) is 9.90 Å². The minimum Gasteiger partial charge on any atom is -0.454 e. The van der Waals surface area contributed by atoms with Crippen molar-refractivity contribution in [2.75, 3.05) is 6.61 Å². The molecule has 1 aromatic rings. The molecule has 0 fully saturated rings. The number of halogens is 1. The van der Waals surface area contributed by atoms with Gasteiger partial charge in [-0.2, -0.15) is 0 Å². The van der Waals surface area contributed by atoms with Gasteiger partial charge in [-0.05, 0) is 16.1 Å². The summed E-state index contributed by atoms with van der Waals surface area (Å²) in [6, 6.07) is 8.51. The Morgan fingerprint density at radius 1 is 1.44 bits per heavy atom. The summed E-state index contributed by atoms with van der Waals surface area (Å²) in [5.41, 5.74) is 0. The van der Waals surface area contributed by atoms with Crippen LogP contribution >= 0.6 is 22.6 Å². The minimum atomic E-state index is -1.63. The van der Waals surface area contributed by atoms with Crippen LogP contribution in [-0.2, 0) is 9.53 Å². The molecule has 0 amide bonds. The molecular formula is C11H9IO4. The summed E-state index contributed by atoms with van der Waals surface area (Å²) < 4.78 is 12.1. The largest absolute Gasteiger partial charge is 0.454 e. The van der Waals surface area contributed by atoms with Gasteiger partial charge in [0, 0.05) is 22.6 Å². The first kappa shape index (κ1) is 12.8. The molecule has 0 aromatic heterocycles. The van der Waals surface area contributed by atoms with Crippen LogP contribution in [0.25, 0.3) is 0 Å². The summed E-state index contributed by atoms with van der Waals surface area (Å²) >= 11 is 1.82. The van der Waals surface area contributed by atoms with Crippen LogP contribution < -0.4 is 4.74 Å². The Balaban J connectivity index is 2.42. The van der Waals surface area contributed by atoms with Gasteiger partial charge in [-0.15, -0.1) is 0 Å². The third-order valence-electron chi connectivity index (χ3n) is 1.55. The molecule has 0 bridgehead atoms. The third kappa shape index (κ3) is 4.51. The molecule has 0 aliphatic carbocycles. The molecule has 0 saturated heterocycles. The normalized spacial score (nSPS) is 10.9. The van der Waals surface area contributed by atoms with Crippen molar-refractivity contribution < 1.29 is 19.4 Å². The van der Waals surface area contributed by atoms with Gasteiger partial charge in [0.15, 0.2) is 6.61 Å². The van der Waals surface area contributed by atoms with E-state index in [4.69, 9.17) is 4.74 Å². The number of carbonyl (C=O) groups excluding carboxylic acids is 1. The van der Waals surface area contributed by atoms with E-state index in [0.29, 0.717) is 5.75 Å². The standard InChI is InChI=1S/C11H9IO4/c12-7-4-8-15-10(13)11(14)16-9-5-2-1-3-6-9/h1-3,5-6,11,14H,8H2. The summed E-state index contributed by atoms with van der Waals surface area (Å²) in [6.07, 6.45) is -1.63. The zero-order valence-corrected chi connectivity index (χ0v) is 10.4. The van der Waals surface area contributed by atoms with Crippen molar-refractivity contribution in [1.82, 2.24) is 0 Å². The molecule has 4 nitrogen and oxygen atoms in total. The van der Waals surface area contributed by atoms with Crippen molar-refractivity contribution in [1.29, 1.82) is 0 Å². The van der Waals surface area contributed by atoms with Crippen LogP contribution in [0.3, 0.4) is 0 Å². The Morgan fingerprint density at radius 3 is 2.75 bits per heavy atom. The zero-order chi connectivity index (χ0) is 11.8. The smallest absolute Gasteiger partial charge is 0.377 e. The first-order chi connectivity index (χ1) is 7.74. The van der Waals surface area contributed by atoms with E-state index in [-0.39, 0.29) is 6.61 Å². The van der Waals surface area contributed by atoms with E-state index in [1.807, 2.05) is 22.6 Å². The summed E-state index contributed by atoms with van der Waals surface area (Å²) in [4.78, 5) is 11.2. The SMILES string of the molecule is O=C(OCC#CI)C(O)Oc1ccccc1. The molecule has 0 spiro atoms. The molecule has 1 atom stereocenters. The number of esters is 1. The van der Waals surface area contributed by atoms with Crippen LogP contribution in [-0.4, -0.2) is 24.0 Å². The fourth-order valence-corrected chi connectivity index (χ4v) is 1.04.